The molecule has 0 fully saturated rings. The molecule has 5 heteroatoms. The SMILES string of the molecule is O=C(O)c1ccc(OCc2cccc(O)c2)cc1O. The Morgan fingerprint density at radius 3 is 2.53 bits per heavy atom. The van der Waals surface area contributed by atoms with E-state index in [0.717, 1.165) is 5.56 Å². The van der Waals surface area contributed by atoms with Crippen molar-refractivity contribution in [3.8, 4) is 17.2 Å². The monoisotopic (exact) mass is 260 g/mol. The molecule has 2 aromatic rings. The summed E-state index contributed by atoms with van der Waals surface area (Å²) in [5.41, 5.74) is 0.589. The van der Waals surface area contributed by atoms with Crippen LogP contribution in [0, 0.1) is 0 Å². The molecule has 0 radical (unpaired) electrons. The van der Waals surface area contributed by atoms with Gasteiger partial charge >= 0.3 is 5.97 Å². The Morgan fingerprint density at radius 1 is 1.11 bits per heavy atom. The Hall–Kier alpha value is -2.69. The molecule has 0 spiro atoms. The molecule has 0 unspecified atom stereocenters. The van der Waals surface area contributed by atoms with E-state index < -0.39 is 5.97 Å². The largest absolute Gasteiger partial charge is 0.508 e. The van der Waals surface area contributed by atoms with Gasteiger partial charge in [-0.2, -0.15) is 0 Å². The summed E-state index contributed by atoms with van der Waals surface area (Å²) in [6.07, 6.45) is 0. The first-order valence-corrected chi connectivity index (χ1v) is 5.53. The fraction of sp³-hybridized carbons (Fsp3) is 0.0714. The van der Waals surface area contributed by atoms with Crippen LogP contribution < -0.4 is 4.74 Å². The molecule has 2 rings (SSSR count). The van der Waals surface area contributed by atoms with Gasteiger partial charge < -0.3 is 20.1 Å². The number of hydrogen-bond acceptors (Lipinski definition) is 4. The van der Waals surface area contributed by atoms with Gasteiger partial charge in [0.25, 0.3) is 0 Å². The van der Waals surface area contributed by atoms with Crippen LogP contribution in [-0.2, 0) is 6.61 Å². The third-order valence-electron chi connectivity index (χ3n) is 2.52. The van der Waals surface area contributed by atoms with Crippen LogP contribution in [0.3, 0.4) is 0 Å². The van der Waals surface area contributed by atoms with Crippen molar-refractivity contribution < 1.29 is 24.9 Å². The Labute approximate surface area is 109 Å². The first kappa shape index (κ1) is 12.8. The molecule has 0 aromatic heterocycles. The summed E-state index contributed by atoms with van der Waals surface area (Å²) in [4.78, 5) is 10.7. The second-order valence-corrected chi connectivity index (χ2v) is 3.94. The molecule has 0 aliphatic rings. The Balaban J connectivity index is 2.08. The zero-order valence-corrected chi connectivity index (χ0v) is 9.91. The minimum Gasteiger partial charge on any atom is -0.508 e. The molecule has 0 saturated carbocycles. The number of benzene rings is 2. The maximum atomic E-state index is 10.7. The molecule has 0 heterocycles. The van der Waals surface area contributed by atoms with Gasteiger partial charge in [0.1, 0.15) is 29.4 Å². The fourth-order valence-corrected chi connectivity index (χ4v) is 1.60. The number of phenolic OH excluding ortho intramolecular Hbond substituents is 1. The predicted molar refractivity (Wildman–Crippen MR) is 67.5 cm³/mol. The van der Waals surface area contributed by atoms with E-state index in [2.05, 4.69) is 0 Å². The van der Waals surface area contributed by atoms with E-state index in [0.29, 0.717) is 5.75 Å². The molecule has 0 aliphatic heterocycles. The van der Waals surface area contributed by atoms with Gasteiger partial charge in [-0.1, -0.05) is 12.1 Å². The van der Waals surface area contributed by atoms with E-state index in [1.165, 1.54) is 18.2 Å². The number of carbonyl (C=O) groups is 1. The second kappa shape index (κ2) is 5.30. The van der Waals surface area contributed by atoms with Gasteiger partial charge in [0.15, 0.2) is 0 Å². The van der Waals surface area contributed by atoms with E-state index in [9.17, 15) is 15.0 Å². The van der Waals surface area contributed by atoms with Crippen LogP contribution in [0.5, 0.6) is 17.2 Å². The summed E-state index contributed by atoms with van der Waals surface area (Å²) in [5, 5.41) is 27.6. The topological polar surface area (TPSA) is 87.0 Å². The van der Waals surface area contributed by atoms with Crippen molar-refractivity contribution in [3.63, 3.8) is 0 Å². The summed E-state index contributed by atoms with van der Waals surface area (Å²) >= 11 is 0. The third kappa shape index (κ3) is 3.16. The van der Waals surface area contributed by atoms with Crippen LogP contribution in [0.25, 0.3) is 0 Å². The van der Waals surface area contributed by atoms with E-state index >= 15 is 0 Å². The summed E-state index contributed by atoms with van der Waals surface area (Å²) in [7, 11) is 0. The summed E-state index contributed by atoms with van der Waals surface area (Å²) in [5.74, 6) is -1.05. The first-order chi connectivity index (χ1) is 9.06. The van der Waals surface area contributed by atoms with Gasteiger partial charge in [-0.25, -0.2) is 4.79 Å². The lowest BCUT2D eigenvalue weighted by Crippen LogP contribution is -1.98. The van der Waals surface area contributed by atoms with Gasteiger partial charge in [0, 0.05) is 6.07 Å². The molecule has 0 amide bonds. The van der Waals surface area contributed by atoms with Crippen molar-refractivity contribution in [1.82, 2.24) is 0 Å². The highest BCUT2D eigenvalue weighted by atomic mass is 16.5. The van der Waals surface area contributed by atoms with Gasteiger partial charge in [-0.05, 0) is 29.8 Å². The van der Waals surface area contributed by atoms with Crippen LogP contribution in [0.2, 0.25) is 0 Å². The molecular weight excluding hydrogens is 248 g/mol. The fourth-order valence-electron chi connectivity index (χ4n) is 1.60. The zero-order valence-electron chi connectivity index (χ0n) is 9.91. The van der Waals surface area contributed by atoms with Gasteiger partial charge in [0.2, 0.25) is 0 Å². The number of ether oxygens (including phenoxy) is 1. The average Bonchev–Trinajstić information content (AvgIpc) is 2.36. The lowest BCUT2D eigenvalue weighted by molar-refractivity contribution is 0.0693. The van der Waals surface area contributed by atoms with Crippen LogP contribution in [0.4, 0.5) is 0 Å². The van der Waals surface area contributed by atoms with E-state index in [4.69, 9.17) is 9.84 Å². The quantitative estimate of drug-likeness (QED) is 0.785. The van der Waals surface area contributed by atoms with Crippen LogP contribution >= 0.6 is 0 Å². The lowest BCUT2D eigenvalue weighted by Gasteiger charge is -2.08. The van der Waals surface area contributed by atoms with Crippen molar-refractivity contribution in [2.45, 2.75) is 6.61 Å². The maximum Gasteiger partial charge on any atom is 0.339 e. The number of carboxylic acids is 1. The second-order valence-electron chi connectivity index (χ2n) is 3.94. The molecule has 3 N–H and O–H groups in total. The molecule has 19 heavy (non-hydrogen) atoms. The molecular formula is C14H12O5. The summed E-state index contributed by atoms with van der Waals surface area (Å²) in [6.45, 7) is 0.209. The van der Waals surface area contributed by atoms with E-state index in [-0.39, 0.29) is 23.7 Å². The van der Waals surface area contributed by atoms with Gasteiger partial charge in [-0.3, -0.25) is 0 Å². The zero-order chi connectivity index (χ0) is 13.8. The number of hydrogen-bond donors (Lipinski definition) is 3. The maximum absolute atomic E-state index is 10.7. The molecule has 5 nitrogen and oxygen atoms in total. The first-order valence-electron chi connectivity index (χ1n) is 5.53. The minimum atomic E-state index is -1.20. The summed E-state index contributed by atoms with van der Waals surface area (Å²) < 4.78 is 5.40. The Bertz CT molecular complexity index is 607. The van der Waals surface area contributed by atoms with Crippen LogP contribution in [0.1, 0.15) is 15.9 Å². The number of carboxylic acid groups (broad SMARTS) is 1. The van der Waals surface area contributed by atoms with E-state index in [1.807, 2.05) is 0 Å². The van der Waals surface area contributed by atoms with Crippen molar-refractivity contribution in [1.29, 1.82) is 0 Å². The van der Waals surface area contributed by atoms with Gasteiger partial charge in [0.05, 0.1) is 0 Å². The molecule has 0 saturated heterocycles. The van der Waals surface area contributed by atoms with E-state index in [1.54, 1.807) is 24.3 Å². The molecule has 0 aliphatic carbocycles. The molecule has 0 bridgehead atoms. The highest BCUT2D eigenvalue weighted by molar-refractivity contribution is 5.90. The standard InChI is InChI=1S/C14H12O5/c15-10-3-1-2-9(6-10)8-19-11-4-5-12(14(17)18)13(16)7-11/h1-7,15-16H,8H2,(H,17,18). The van der Waals surface area contributed by atoms with Crippen molar-refractivity contribution in [2.24, 2.45) is 0 Å². The smallest absolute Gasteiger partial charge is 0.339 e. The highest BCUT2D eigenvalue weighted by Crippen LogP contribution is 2.24. The van der Waals surface area contributed by atoms with Crippen LogP contribution in [0.15, 0.2) is 42.5 Å². The molecule has 2 aromatic carbocycles. The predicted octanol–water partition coefficient (Wildman–Crippen LogP) is 2.38. The normalized spacial score (nSPS) is 10.1. The minimum absolute atomic E-state index is 0.144. The van der Waals surface area contributed by atoms with Crippen LogP contribution in [-0.4, -0.2) is 21.3 Å². The Kier molecular flexibility index (Phi) is 3.56. The van der Waals surface area contributed by atoms with Crippen molar-refractivity contribution >= 4 is 5.97 Å². The summed E-state index contributed by atoms with van der Waals surface area (Å²) in [6, 6.07) is 10.6. The van der Waals surface area contributed by atoms with Gasteiger partial charge in [-0.15, -0.1) is 0 Å². The average molecular weight is 260 g/mol. The number of phenols is 2. The molecule has 0 atom stereocenters. The Morgan fingerprint density at radius 2 is 1.89 bits per heavy atom. The van der Waals surface area contributed by atoms with Crippen molar-refractivity contribution in [2.75, 3.05) is 0 Å². The highest BCUT2D eigenvalue weighted by Gasteiger charge is 2.10. The number of rotatable bonds is 4. The number of aromatic hydroxyl groups is 2. The molecule has 98 valence electrons. The third-order valence-corrected chi connectivity index (χ3v) is 2.52. The van der Waals surface area contributed by atoms with Crippen molar-refractivity contribution in [3.05, 3.63) is 53.6 Å². The number of aromatic carboxylic acids is 1. The lowest BCUT2D eigenvalue weighted by atomic mass is 10.2.